The summed E-state index contributed by atoms with van der Waals surface area (Å²) < 4.78 is 33.7. The molecule has 0 spiro atoms. The van der Waals surface area contributed by atoms with E-state index < -0.39 is 38.6 Å². The van der Waals surface area contributed by atoms with E-state index in [0.29, 0.717) is 36.7 Å². The second-order valence-electron chi connectivity index (χ2n) is 14.8. The highest BCUT2D eigenvalue weighted by Crippen LogP contribution is 2.38. The van der Waals surface area contributed by atoms with E-state index in [1.807, 2.05) is 69.8 Å². The number of carbonyl (C=O) groups excluding carboxylic acids is 2. The number of ether oxygens (including phenoxy) is 2. The summed E-state index contributed by atoms with van der Waals surface area (Å²) in [6.45, 7) is 3.91. The van der Waals surface area contributed by atoms with Gasteiger partial charge in [-0.15, -0.1) is 0 Å². The van der Waals surface area contributed by atoms with Crippen LogP contribution in [0.25, 0.3) is 0 Å². The number of unbranched alkanes of at least 4 members (excludes halogenated alkanes) is 10. The number of aliphatic hydroxyl groups excluding tert-OH is 1. The van der Waals surface area contributed by atoms with Gasteiger partial charge in [-0.3, -0.25) is 14.2 Å². The zero-order chi connectivity index (χ0) is 40.9. The Bertz CT molecular complexity index is 1190. The molecule has 0 aliphatic rings. The van der Waals surface area contributed by atoms with E-state index in [1.165, 1.54) is 44.9 Å². The van der Waals surface area contributed by atoms with Crippen molar-refractivity contribution in [3.63, 3.8) is 0 Å². The predicted octanol–water partition coefficient (Wildman–Crippen LogP) is 9.80. The number of esters is 2. The van der Waals surface area contributed by atoms with Crippen LogP contribution >= 0.6 is 7.82 Å². The van der Waals surface area contributed by atoms with Gasteiger partial charge in [0.25, 0.3) is 7.82 Å². The second-order valence-corrected chi connectivity index (χ2v) is 16.2. The van der Waals surface area contributed by atoms with Crippen LogP contribution in [0.3, 0.4) is 0 Å². The van der Waals surface area contributed by atoms with E-state index in [2.05, 4.69) is 32.1 Å². The minimum atomic E-state index is -4.66. The van der Waals surface area contributed by atoms with Crippen LogP contribution in [0.5, 0.6) is 0 Å². The van der Waals surface area contributed by atoms with Crippen molar-refractivity contribution in [3.05, 3.63) is 72.9 Å². The Morgan fingerprint density at radius 3 is 1.91 bits per heavy atom. The van der Waals surface area contributed by atoms with Crippen molar-refractivity contribution < 1.29 is 47.2 Å². The van der Waals surface area contributed by atoms with Gasteiger partial charge in [0.1, 0.15) is 19.8 Å². The summed E-state index contributed by atoms with van der Waals surface area (Å²) in [6.07, 6.45) is 39.8. The average Bonchev–Trinajstić information content (AvgIpc) is 3.13. The number of quaternary nitrogens is 1. The van der Waals surface area contributed by atoms with Crippen molar-refractivity contribution in [2.75, 3.05) is 47.5 Å². The average molecular weight is 794 g/mol. The van der Waals surface area contributed by atoms with Crippen LogP contribution in [0, 0.1) is 0 Å². The van der Waals surface area contributed by atoms with E-state index in [9.17, 15) is 24.2 Å². The smallest absolute Gasteiger partial charge is 0.306 e. The lowest BCUT2D eigenvalue weighted by Gasteiger charge is -2.28. The van der Waals surface area contributed by atoms with Crippen molar-refractivity contribution in [3.8, 4) is 0 Å². The molecule has 55 heavy (non-hydrogen) atoms. The van der Waals surface area contributed by atoms with E-state index in [0.717, 1.165) is 38.5 Å². The van der Waals surface area contributed by atoms with E-state index >= 15 is 0 Å². The molecule has 0 aliphatic carbocycles. The van der Waals surface area contributed by atoms with E-state index in [4.69, 9.17) is 18.5 Å². The van der Waals surface area contributed by atoms with Crippen LogP contribution in [-0.4, -0.2) is 81.2 Å². The minimum Gasteiger partial charge on any atom is -0.756 e. The Labute approximate surface area is 334 Å². The number of hydrogen-bond acceptors (Lipinski definition) is 9. The molecule has 0 saturated heterocycles. The van der Waals surface area contributed by atoms with Gasteiger partial charge in [0.2, 0.25) is 0 Å². The fourth-order valence-electron chi connectivity index (χ4n) is 5.06. The van der Waals surface area contributed by atoms with Gasteiger partial charge >= 0.3 is 11.9 Å². The number of rotatable bonds is 36. The predicted molar refractivity (Wildman–Crippen MR) is 223 cm³/mol. The first kappa shape index (κ1) is 52.4. The molecule has 0 aromatic rings. The van der Waals surface area contributed by atoms with Gasteiger partial charge in [0, 0.05) is 12.8 Å². The number of phosphoric acid groups is 1. The third-order valence-electron chi connectivity index (χ3n) is 8.33. The van der Waals surface area contributed by atoms with Crippen molar-refractivity contribution in [2.45, 2.75) is 148 Å². The third kappa shape index (κ3) is 39.4. The second kappa shape index (κ2) is 35.8. The van der Waals surface area contributed by atoms with Crippen molar-refractivity contribution in [2.24, 2.45) is 0 Å². The standard InChI is InChI=1S/C44H76NO9P/c1-6-8-10-12-14-15-16-20-23-27-31-35-43(47)51-39-42(40-53-55(49,50)52-38-37-45(3,4)5)54-44(48)36-32-28-24-21-18-17-19-22-26-30-34-41(46)33-29-25-13-11-9-7-2/h9,11,17-18,22,24-26,28-30,34,41-42,46H,6-8,10,12-16,19-21,23,27,31-33,35-40H2,1-5H3/b11-9-,18-17-,26-22-,28-24-,29-25-,34-30+. The normalized spacial score (nSPS) is 15.0. The summed E-state index contributed by atoms with van der Waals surface area (Å²) >= 11 is 0. The molecule has 316 valence electrons. The Kier molecular flexibility index (Phi) is 34.1. The van der Waals surface area contributed by atoms with Gasteiger partial charge in [-0.2, -0.15) is 0 Å². The quantitative estimate of drug-likeness (QED) is 0.0165. The van der Waals surface area contributed by atoms with Crippen LogP contribution in [0.1, 0.15) is 136 Å². The molecule has 0 amide bonds. The van der Waals surface area contributed by atoms with Crippen LogP contribution in [-0.2, 0) is 32.7 Å². The first-order valence-electron chi connectivity index (χ1n) is 20.8. The van der Waals surface area contributed by atoms with Gasteiger partial charge in [0.15, 0.2) is 6.10 Å². The molecule has 0 rings (SSSR count). The lowest BCUT2D eigenvalue weighted by molar-refractivity contribution is -0.870. The zero-order valence-electron chi connectivity index (χ0n) is 35.0. The Morgan fingerprint density at radius 2 is 1.27 bits per heavy atom. The molecule has 0 saturated carbocycles. The number of nitrogens with zero attached hydrogens (tertiary/aromatic N) is 1. The number of hydrogen-bond donors (Lipinski definition) is 1. The van der Waals surface area contributed by atoms with Gasteiger partial charge in [0.05, 0.1) is 33.9 Å². The largest absolute Gasteiger partial charge is 0.756 e. The Balaban J connectivity index is 4.60. The van der Waals surface area contributed by atoms with Crippen LogP contribution in [0.2, 0.25) is 0 Å². The molecule has 0 aliphatic heterocycles. The van der Waals surface area contributed by atoms with Crippen molar-refractivity contribution >= 4 is 19.8 Å². The summed E-state index contributed by atoms with van der Waals surface area (Å²) in [5.74, 6) is -0.969. The first-order valence-corrected chi connectivity index (χ1v) is 22.2. The number of likely N-dealkylation sites (N-methyl/N-ethyl adjacent to an activating group) is 1. The molecule has 3 unspecified atom stereocenters. The molecule has 3 atom stereocenters. The lowest BCUT2D eigenvalue weighted by atomic mass is 10.1. The van der Waals surface area contributed by atoms with Gasteiger partial charge < -0.3 is 33.0 Å². The van der Waals surface area contributed by atoms with Gasteiger partial charge in [-0.05, 0) is 44.9 Å². The summed E-state index contributed by atoms with van der Waals surface area (Å²) in [5, 5.41) is 10.0. The van der Waals surface area contributed by atoms with Gasteiger partial charge in [-0.25, -0.2) is 0 Å². The molecule has 0 aromatic carbocycles. The highest BCUT2D eigenvalue weighted by atomic mass is 31.2. The number of carbonyl (C=O) groups is 2. The summed E-state index contributed by atoms with van der Waals surface area (Å²) in [7, 11) is 1.08. The highest BCUT2D eigenvalue weighted by molar-refractivity contribution is 7.45. The summed E-state index contributed by atoms with van der Waals surface area (Å²) in [4.78, 5) is 37.4. The fraction of sp³-hybridized carbons (Fsp3) is 0.682. The molecule has 10 nitrogen and oxygen atoms in total. The SMILES string of the molecule is CC/C=C\C/C=C\CC(O)/C=C/C=C\C/C=C\C/C=C\CCC(=O)OC(COC(=O)CCCCCCCCCCCCC)COP(=O)([O-])OCC[N+](C)(C)C. The summed E-state index contributed by atoms with van der Waals surface area (Å²) in [5.41, 5.74) is 0. The molecule has 11 heteroatoms. The Morgan fingerprint density at radius 1 is 0.691 bits per heavy atom. The van der Waals surface area contributed by atoms with Crippen LogP contribution in [0.4, 0.5) is 0 Å². The maximum absolute atomic E-state index is 12.6. The highest BCUT2D eigenvalue weighted by Gasteiger charge is 2.21. The fourth-order valence-corrected chi connectivity index (χ4v) is 5.79. The van der Waals surface area contributed by atoms with Gasteiger partial charge in [-0.1, -0.05) is 151 Å². The molecular formula is C44H76NO9P. The number of phosphoric ester groups is 1. The molecular weight excluding hydrogens is 717 g/mol. The number of aliphatic hydroxyl groups is 1. The topological polar surface area (TPSA) is 131 Å². The van der Waals surface area contributed by atoms with Crippen LogP contribution in [0.15, 0.2) is 72.9 Å². The molecule has 0 aromatic heterocycles. The number of allylic oxidation sites excluding steroid dienone is 10. The molecule has 0 bridgehead atoms. The third-order valence-corrected chi connectivity index (χ3v) is 9.30. The maximum Gasteiger partial charge on any atom is 0.306 e. The first-order chi connectivity index (χ1) is 26.4. The zero-order valence-corrected chi connectivity index (χ0v) is 35.8. The molecule has 1 N–H and O–H groups in total. The van der Waals surface area contributed by atoms with Crippen molar-refractivity contribution in [1.82, 2.24) is 0 Å². The van der Waals surface area contributed by atoms with E-state index in [1.54, 1.807) is 6.08 Å². The summed E-state index contributed by atoms with van der Waals surface area (Å²) in [6, 6.07) is 0. The minimum absolute atomic E-state index is 0.0562. The Hall–Kier alpha value is -2.59. The van der Waals surface area contributed by atoms with E-state index in [-0.39, 0.29) is 26.1 Å². The molecule has 0 radical (unpaired) electrons. The monoisotopic (exact) mass is 794 g/mol. The lowest BCUT2D eigenvalue weighted by Crippen LogP contribution is -2.37. The van der Waals surface area contributed by atoms with Crippen molar-refractivity contribution in [1.29, 1.82) is 0 Å². The van der Waals surface area contributed by atoms with Crippen LogP contribution < -0.4 is 4.89 Å². The molecule has 0 fully saturated rings. The maximum atomic E-state index is 12.6. The molecule has 0 heterocycles.